The predicted molar refractivity (Wildman–Crippen MR) is 110 cm³/mol. The lowest BCUT2D eigenvalue weighted by Gasteiger charge is -2.18. The van der Waals surface area contributed by atoms with Gasteiger partial charge in [0.05, 0.1) is 10.6 Å². The number of rotatable bonds is 7. The highest BCUT2D eigenvalue weighted by molar-refractivity contribution is 7.90. The Morgan fingerprint density at radius 3 is 2.41 bits per heavy atom. The molecule has 1 atom stereocenters. The molecule has 2 amide bonds. The molecule has 2 aromatic heterocycles. The van der Waals surface area contributed by atoms with E-state index in [1.807, 2.05) is 4.72 Å². The zero-order valence-corrected chi connectivity index (χ0v) is 17.7. The van der Waals surface area contributed by atoms with E-state index < -0.39 is 27.9 Å². The summed E-state index contributed by atoms with van der Waals surface area (Å²) < 4.78 is 32.2. The van der Waals surface area contributed by atoms with Crippen LogP contribution in [0.4, 0.5) is 0 Å². The minimum atomic E-state index is -4.28. The molecule has 0 bridgehead atoms. The van der Waals surface area contributed by atoms with Crippen molar-refractivity contribution in [3.63, 3.8) is 0 Å². The van der Waals surface area contributed by atoms with Gasteiger partial charge in [0.15, 0.2) is 5.76 Å². The first-order chi connectivity index (χ1) is 13.8. The minimum absolute atomic E-state index is 0.00798. The van der Waals surface area contributed by atoms with Crippen LogP contribution >= 0.6 is 34.5 Å². The molecule has 0 spiro atoms. The summed E-state index contributed by atoms with van der Waals surface area (Å²) in [6, 6.07) is 11.8. The molecule has 29 heavy (non-hydrogen) atoms. The molecule has 3 aromatic rings. The lowest BCUT2D eigenvalue weighted by Crippen LogP contribution is -2.49. The van der Waals surface area contributed by atoms with E-state index >= 15 is 0 Å². The molecule has 3 rings (SSSR count). The van der Waals surface area contributed by atoms with Gasteiger partial charge in [0.1, 0.15) is 15.3 Å². The highest BCUT2D eigenvalue weighted by atomic mass is 35.5. The first-order valence-electron chi connectivity index (χ1n) is 8.16. The third-order valence-corrected chi connectivity index (χ3v) is 6.90. The van der Waals surface area contributed by atoms with Crippen molar-refractivity contribution >= 4 is 56.4 Å². The average molecular weight is 473 g/mol. The number of furan rings is 1. The van der Waals surface area contributed by atoms with Crippen LogP contribution in [-0.4, -0.2) is 26.3 Å². The molecule has 152 valence electrons. The van der Waals surface area contributed by atoms with Gasteiger partial charge in [-0.15, -0.1) is 11.3 Å². The second-order valence-electron chi connectivity index (χ2n) is 5.85. The van der Waals surface area contributed by atoms with Crippen molar-refractivity contribution in [2.24, 2.45) is 0 Å². The van der Waals surface area contributed by atoms with Gasteiger partial charge in [0.2, 0.25) is 0 Å². The second kappa shape index (κ2) is 9.00. The smallest absolute Gasteiger partial charge is 0.287 e. The van der Waals surface area contributed by atoms with Crippen molar-refractivity contribution < 1.29 is 22.4 Å². The molecule has 2 heterocycles. The fourth-order valence-electron chi connectivity index (χ4n) is 2.46. The first-order valence-corrected chi connectivity index (χ1v) is 11.2. The first kappa shape index (κ1) is 21.4. The number of hydrogen-bond acceptors (Lipinski definition) is 6. The summed E-state index contributed by atoms with van der Waals surface area (Å²) in [5.74, 6) is -1.58. The second-order valence-corrected chi connectivity index (χ2v) is 9.79. The molecule has 1 aromatic carbocycles. The maximum atomic E-state index is 12.8. The van der Waals surface area contributed by atoms with Crippen molar-refractivity contribution in [2.45, 2.75) is 17.4 Å². The standard InChI is InChI=1S/C18H14Cl2N2O5S2/c19-15-10-14(16(20)28-15)29(25,26)22-17(23)12(9-11-5-2-1-3-6-11)21-18(24)13-7-4-8-27-13/h1-8,10,12H,9H2,(H,21,24)(H,22,23). The molecule has 0 aliphatic rings. The minimum Gasteiger partial charge on any atom is -0.459 e. The fourth-order valence-corrected chi connectivity index (χ4v) is 5.63. The number of nitrogens with one attached hydrogen (secondary N) is 2. The molecule has 2 N–H and O–H groups in total. The summed E-state index contributed by atoms with van der Waals surface area (Å²) in [5.41, 5.74) is 0.724. The van der Waals surface area contributed by atoms with Gasteiger partial charge in [-0.3, -0.25) is 9.59 Å². The Morgan fingerprint density at radius 1 is 1.10 bits per heavy atom. The van der Waals surface area contributed by atoms with Crippen molar-refractivity contribution in [3.05, 3.63) is 74.8 Å². The van der Waals surface area contributed by atoms with E-state index in [2.05, 4.69) is 5.32 Å². The van der Waals surface area contributed by atoms with Gasteiger partial charge >= 0.3 is 0 Å². The number of sulfonamides is 1. The fraction of sp³-hybridized carbons (Fsp3) is 0.111. The molecule has 0 radical (unpaired) electrons. The predicted octanol–water partition coefficient (Wildman–Crippen LogP) is 3.49. The van der Waals surface area contributed by atoms with E-state index in [0.29, 0.717) is 0 Å². The van der Waals surface area contributed by atoms with Crippen LogP contribution in [-0.2, 0) is 21.2 Å². The molecular weight excluding hydrogens is 459 g/mol. The molecule has 0 saturated heterocycles. The quantitative estimate of drug-likeness (QED) is 0.547. The lowest BCUT2D eigenvalue weighted by molar-refractivity contribution is -0.121. The van der Waals surface area contributed by atoms with Crippen LogP contribution in [0, 0.1) is 0 Å². The Labute approximate surface area is 180 Å². The van der Waals surface area contributed by atoms with Gasteiger partial charge in [-0.2, -0.15) is 0 Å². The van der Waals surface area contributed by atoms with Crippen LogP contribution in [0.5, 0.6) is 0 Å². The monoisotopic (exact) mass is 472 g/mol. The normalized spacial score (nSPS) is 12.3. The van der Waals surface area contributed by atoms with Gasteiger partial charge in [0, 0.05) is 6.42 Å². The third kappa shape index (κ3) is 5.39. The van der Waals surface area contributed by atoms with Crippen LogP contribution in [0.15, 0.2) is 64.1 Å². The third-order valence-electron chi connectivity index (χ3n) is 3.80. The van der Waals surface area contributed by atoms with Crippen LogP contribution in [0.1, 0.15) is 16.1 Å². The number of carbonyl (C=O) groups is 2. The molecule has 0 aliphatic heterocycles. The number of halogens is 2. The van der Waals surface area contributed by atoms with E-state index in [4.69, 9.17) is 27.6 Å². The van der Waals surface area contributed by atoms with E-state index in [0.717, 1.165) is 23.0 Å². The van der Waals surface area contributed by atoms with Gasteiger partial charge in [0.25, 0.3) is 21.8 Å². The molecule has 1 unspecified atom stereocenters. The molecular formula is C18H14Cl2N2O5S2. The summed E-state index contributed by atoms with van der Waals surface area (Å²) in [4.78, 5) is 24.8. The summed E-state index contributed by atoms with van der Waals surface area (Å²) in [6.07, 6.45) is 1.38. The molecule has 7 nitrogen and oxygen atoms in total. The number of carbonyl (C=O) groups excluding carboxylic acids is 2. The van der Waals surface area contributed by atoms with Gasteiger partial charge in [-0.25, -0.2) is 13.1 Å². The maximum Gasteiger partial charge on any atom is 0.287 e. The average Bonchev–Trinajstić information content (AvgIpc) is 3.31. The van der Waals surface area contributed by atoms with Gasteiger partial charge in [-0.1, -0.05) is 53.5 Å². The summed E-state index contributed by atoms with van der Waals surface area (Å²) in [7, 11) is -4.28. The van der Waals surface area contributed by atoms with Crippen LogP contribution in [0.3, 0.4) is 0 Å². The SMILES string of the molecule is O=C(NC(Cc1ccccc1)C(=O)NS(=O)(=O)c1cc(Cl)sc1Cl)c1ccco1. The van der Waals surface area contributed by atoms with Crippen molar-refractivity contribution in [3.8, 4) is 0 Å². The lowest BCUT2D eigenvalue weighted by atomic mass is 10.1. The van der Waals surface area contributed by atoms with Crippen molar-refractivity contribution in [2.75, 3.05) is 0 Å². The van der Waals surface area contributed by atoms with Crippen molar-refractivity contribution in [1.82, 2.24) is 10.0 Å². The zero-order chi connectivity index (χ0) is 21.0. The summed E-state index contributed by atoms with van der Waals surface area (Å²) >= 11 is 12.6. The number of amides is 2. The molecule has 0 aliphatic carbocycles. The summed E-state index contributed by atoms with van der Waals surface area (Å²) in [6.45, 7) is 0. The Kier molecular flexibility index (Phi) is 6.63. The Hall–Kier alpha value is -2.33. The maximum absolute atomic E-state index is 12.8. The zero-order valence-electron chi connectivity index (χ0n) is 14.6. The van der Waals surface area contributed by atoms with Gasteiger partial charge in [-0.05, 0) is 23.8 Å². The van der Waals surface area contributed by atoms with Crippen LogP contribution < -0.4 is 10.0 Å². The van der Waals surface area contributed by atoms with Crippen LogP contribution in [0.2, 0.25) is 8.67 Å². The Morgan fingerprint density at radius 2 is 1.83 bits per heavy atom. The molecule has 0 fully saturated rings. The highest BCUT2D eigenvalue weighted by Crippen LogP contribution is 2.34. The number of benzene rings is 1. The Bertz CT molecular complexity index is 1110. The van der Waals surface area contributed by atoms with Crippen LogP contribution in [0.25, 0.3) is 0 Å². The summed E-state index contributed by atoms with van der Waals surface area (Å²) in [5, 5.41) is 2.50. The van der Waals surface area contributed by atoms with E-state index in [9.17, 15) is 18.0 Å². The molecule has 11 heteroatoms. The van der Waals surface area contributed by atoms with Crippen molar-refractivity contribution in [1.29, 1.82) is 0 Å². The molecule has 0 saturated carbocycles. The van der Waals surface area contributed by atoms with Gasteiger partial charge < -0.3 is 9.73 Å². The Balaban J connectivity index is 1.83. The largest absolute Gasteiger partial charge is 0.459 e. The topological polar surface area (TPSA) is 105 Å². The number of thiophene rings is 1. The van der Waals surface area contributed by atoms with E-state index in [1.54, 1.807) is 30.3 Å². The highest BCUT2D eigenvalue weighted by Gasteiger charge is 2.29. The number of hydrogen-bond donors (Lipinski definition) is 2. The van der Waals surface area contributed by atoms with E-state index in [1.165, 1.54) is 18.4 Å². The van der Waals surface area contributed by atoms with E-state index in [-0.39, 0.29) is 25.7 Å².